The lowest BCUT2D eigenvalue weighted by atomic mass is 9.90. The Kier molecular flexibility index (Phi) is 2.83. The minimum absolute atomic E-state index is 0.411. The maximum Gasteiger partial charge on any atom is 0.124 e. The summed E-state index contributed by atoms with van der Waals surface area (Å²) < 4.78 is 6.10. The lowest BCUT2D eigenvalue weighted by molar-refractivity contribution is 0.167. The van der Waals surface area contributed by atoms with Crippen molar-refractivity contribution in [3.05, 3.63) is 29.3 Å². The van der Waals surface area contributed by atoms with Gasteiger partial charge in [0.1, 0.15) is 5.75 Å². The predicted octanol–water partition coefficient (Wildman–Crippen LogP) is 3.25. The summed E-state index contributed by atoms with van der Waals surface area (Å²) in [6.07, 6.45) is 5.38. The van der Waals surface area contributed by atoms with Crippen LogP contribution in [0, 0.1) is 5.41 Å². The van der Waals surface area contributed by atoms with Crippen molar-refractivity contribution >= 4 is 0 Å². The third kappa shape index (κ3) is 2.19. The van der Waals surface area contributed by atoms with E-state index in [0.717, 1.165) is 25.4 Å². The molecular weight excluding hydrogens is 210 g/mol. The van der Waals surface area contributed by atoms with Gasteiger partial charge in [0.15, 0.2) is 0 Å². The third-order valence-corrected chi connectivity index (χ3v) is 4.23. The van der Waals surface area contributed by atoms with Gasteiger partial charge < -0.3 is 10.1 Å². The van der Waals surface area contributed by atoms with Gasteiger partial charge in [-0.05, 0) is 24.5 Å². The van der Waals surface area contributed by atoms with Gasteiger partial charge >= 0.3 is 0 Å². The highest BCUT2D eigenvalue weighted by Gasteiger charge is 2.29. The number of rotatable bonds is 3. The molecule has 0 amide bonds. The summed E-state index contributed by atoms with van der Waals surface area (Å²) >= 11 is 0. The van der Waals surface area contributed by atoms with Gasteiger partial charge in [-0.25, -0.2) is 0 Å². The lowest BCUT2D eigenvalue weighted by Crippen LogP contribution is -2.21. The second-order valence-corrected chi connectivity index (χ2v) is 5.80. The number of hydrogen-bond acceptors (Lipinski definition) is 2. The summed E-state index contributed by atoms with van der Waals surface area (Å²) in [6.45, 7) is 5.19. The van der Waals surface area contributed by atoms with Gasteiger partial charge in [0.25, 0.3) is 0 Å². The van der Waals surface area contributed by atoms with Crippen LogP contribution in [0.5, 0.6) is 5.75 Å². The Bertz CT molecular complexity index is 407. The Balaban J connectivity index is 1.71. The Hall–Kier alpha value is -1.02. The van der Waals surface area contributed by atoms with Gasteiger partial charge in [0.05, 0.1) is 6.61 Å². The summed E-state index contributed by atoms with van der Waals surface area (Å²) in [7, 11) is 0. The molecule has 3 rings (SSSR count). The molecule has 0 aromatic heterocycles. The summed E-state index contributed by atoms with van der Waals surface area (Å²) in [5.74, 6) is 1.10. The molecule has 0 bridgehead atoms. The summed E-state index contributed by atoms with van der Waals surface area (Å²) in [5, 5.41) is 3.39. The molecule has 1 aliphatic carbocycles. The highest BCUT2D eigenvalue weighted by molar-refractivity contribution is 5.42. The Morgan fingerprint density at radius 1 is 1.24 bits per heavy atom. The fraction of sp³-hybridized carbons (Fsp3) is 0.600. The molecule has 2 heteroatoms. The SMILES string of the molecule is CC1(COc2cccc3c2CNC3)CCCC1. The van der Waals surface area contributed by atoms with Gasteiger partial charge in [-0.15, -0.1) is 0 Å². The first kappa shape index (κ1) is 11.1. The highest BCUT2D eigenvalue weighted by Crippen LogP contribution is 2.38. The average molecular weight is 231 g/mol. The number of fused-ring (bicyclic) bond motifs is 1. The van der Waals surface area contributed by atoms with Gasteiger partial charge in [-0.2, -0.15) is 0 Å². The maximum atomic E-state index is 6.10. The van der Waals surface area contributed by atoms with Crippen molar-refractivity contribution in [1.29, 1.82) is 0 Å². The van der Waals surface area contributed by atoms with Crippen molar-refractivity contribution in [3.8, 4) is 5.75 Å². The molecule has 0 saturated heterocycles. The molecule has 0 radical (unpaired) electrons. The van der Waals surface area contributed by atoms with E-state index in [0.29, 0.717) is 5.41 Å². The van der Waals surface area contributed by atoms with Crippen molar-refractivity contribution < 1.29 is 4.74 Å². The maximum absolute atomic E-state index is 6.10. The van der Waals surface area contributed by atoms with Crippen LogP contribution in [0.3, 0.4) is 0 Å². The molecular formula is C15H21NO. The average Bonchev–Trinajstić information content (AvgIpc) is 2.95. The molecule has 1 aromatic carbocycles. The zero-order valence-electron chi connectivity index (χ0n) is 10.6. The first-order chi connectivity index (χ1) is 8.27. The Morgan fingerprint density at radius 2 is 2.06 bits per heavy atom. The Labute approximate surface area is 103 Å². The van der Waals surface area contributed by atoms with Crippen LogP contribution in [0.4, 0.5) is 0 Å². The van der Waals surface area contributed by atoms with E-state index in [1.54, 1.807) is 0 Å². The molecule has 0 spiro atoms. The van der Waals surface area contributed by atoms with E-state index in [2.05, 4.69) is 30.4 Å². The van der Waals surface area contributed by atoms with Crippen LogP contribution in [-0.2, 0) is 13.1 Å². The van der Waals surface area contributed by atoms with Gasteiger partial charge in [0, 0.05) is 24.1 Å². The van der Waals surface area contributed by atoms with Crippen molar-refractivity contribution in [2.45, 2.75) is 45.7 Å². The molecule has 17 heavy (non-hydrogen) atoms. The fourth-order valence-corrected chi connectivity index (χ4v) is 3.06. The molecule has 1 aromatic rings. The summed E-state index contributed by atoms with van der Waals surface area (Å²) in [6, 6.07) is 6.42. The van der Waals surface area contributed by atoms with Crippen LogP contribution in [0.15, 0.2) is 18.2 Å². The largest absolute Gasteiger partial charge is 0.493 e. The molecule has 1 saturated carbocycles. The quantitative estimate of drug-likeness (QED) is 0.862. The van der Waals surface area contributed by atoms with Crippen molar-refractivity contribution in [2.75, 3.05) is 6.61 Å². The van der Waals surface area contributed by atoms with E-state index in [9.17, 15) is 0 Å². The smallest absolute Gasteiger partial charge is 0.124 e. The van der Waals surface area contributed by atoms with Crippen LogP contribution in [0.1, 0.15) is 43.7 Å². The zero-order chi connectivity index (χ0) is 11.7. The van der Waals surface area contributed by atoms with Gasteiger partial charge in [-0.1, -0.05) is 31.9 Å². The normalized spacial score (nSPS) is 21.5. The molecule has 1 N–H and O–H groups in total. The van der Waals surface area contributed by atoms with Crippen LogP contribution >= 0.6 is 0 Å². The first-order valence-electron chi connectivity index (χ1n) is 6.71. The predicted molar refractivity (Wildman–Crippen MR) is 69.1 cm³/mol. The summed E-state index contributed by atoms with van der Waals surface area (Å²) in [5.41, 5.74) is 3.18. The van der Waals surface area contributed by atoms with Crippen LogP contribution in [0.25, 0.3) is 0 Å². The zero-order valence-corrected chi connectivity index (χ0v) is 10.6. The number of benzene rings is 1. The molecule has 1 aliphatic heterocycles. The Morgan fingerprint density at radius 3 is 2.88 bits per heavy atom. The van der Waals surface area contributed by atoms with E-state index in [1.807, 2.05) is 0 Å². The fourth-order valence-electron chi connectivity index (χ4n) is 3.06. The lowest BCUT2D eigenvalue weighted by Gasteiger charge is -2.24. The number of nitrogens with one attached hydrogen (secondary N) is 1. The summed E-state index contributed by atoms with van der Waals surface area (Å²) in [4.78, 5) is 0. The second kappa shape index (κ2) is 4.34. The second-order valence-electron chi connectivity index (χ2n) is 5.80. The molecule has 0 atom stereocenters. The van der Waals surface area contributed by atoms with E-state index in [-0.39, 0.29) is 0 Å². The standard InChI is InChI=1S/C15H21NO/c1-15(7-2-3-8-15)11-17-14-6-4-5-12-9-16-10-13(12)14/h4-6,16H,2-3,7-11H2,1H3. The van der Waals surface area contributed by atoms with E-state index in [1.165, 1.54) is 36.8 Å². The highest BCUT2D eigenvalue weighted by atomic mass is 16.5. The monoisotopic (exact) mass is 231 g/mol. The van der Waals surface area contributed by atoms with E-state index in [4.69, 9.17) is 4.74 Å². The molecule has 1 heterocycles. The van der Waals surface area contributed by atoms with E-state index < -0.39 is 0 Å². The van der Waals surface area contributed by atoms with Crippen LogP contribution < -0.4 is 10.1 Å². The molecule has 1 fully saturated rings. The van der Waals surface area contributed by atoms with E-state index >= 15 is 0 Å². The molecule has 92 valence electrons. The third-order valence-electron chi connectivity index (χ3n) is 4.23. The van der Waals surface area contributed by atoms with Crippen molar-refractivity contribution in [1.82, 2.24) is 5.32 Å². The topological polar surface area (TPSA) is 21.3 Å². The minimum Gasteiger partial charge on any atom is -0.493 e. The van der Waals surface area contributed by atoms with Gasteiger partial charge in [0.2, 0.25) is 0 Å². The molecule has 2 nitrogen and oxygen atoms in total. The van der Waals surface area contributed by atoms with Crippen LogP contribution in [-0.4, -0.2) is 6.61 Å². The molecule has 0 unspecified atom stereocenters. The van der Waals surface area contributed by atoms with Crippen molar-refractivity contribution in [2.24, 2.45) is 5.41 Å². The number of ether oxygens (including phenoxy) is 1. The van der Waals surface area contributed by atoms with Crippen LogP contribution in [0.2, 0.25) is 0 Å². The minimum atomic E-state index is 0.411. The number of hydrogen-bond donors (Lipinski definition) is 1. The van der Waals surface area contributed by atoms with Gasteiger partial charge in [-0.3, -0.25) is 0 Å². The molecule has 2 aliphatic rings. The van der Waals surface area contributed by atoms with Crippen molar-refractivity contribution in [3.63, 3.8) is 0 Å². The first-order valence-corrected chi connectivity index (χ1v) is 6.71.